The zero-order chi connectivity index (χ0) is 27.4. The molecule has 0 bridgehead atoms. The molecule has 4 heterocycles. The van der Waals surface area contributed by atoms with Gasteiger partial charge < -0.3 is 33.9 Å². The lowest BCUT2D eigenvalue weighted by atomic mass is 10.0. The Morgan fingerprint density at radius 1 is 1.13 bits per heavy atom. The van der Waals surface area contributed by atoms with Crippen LogP contribution >= 0.6 is 0 Å². The van der Waals surface area contributed by atoms with Crippen LogP contribution in [-0.4, -0.2) is 90.5 Å². The predicted molar refractivity (Wildman–Crippen MR) is 137 cm³/mol. The van der Waals surface area contributed by atoms with Gasteiger partial charge in [-0.15, -0.1) is 0 Å². The van der Waals surface area contributed by atoms with Gasteiger partial charge in [-0.05, 0) is 26.0 Å². The average molecular weight is 528 g/mol. The zero-order valence-corrected chi connectivity index (χ0v) is 22.1. The largest absolute Gasteiger partial charge is 0.476 e. The highest BCUT2D eigenvalue weighted by Gasteiger charge is 2.35. The monoisotopic (exact) mass is 527 g/mol. The second kappa shape index (κ2) is 11.5. The molecule has 2 aromatic heterocycles. The highest BCUT2D eigenvalue weighted by atomic mass is 16.5. The van der Waals surface area contributed by atoms with Crippen molar-refractivity contribution < 1.29 is 33.1 Å². The Labute approximate surface area is 220 Å². The molecule has 1 saturated heterocycles. The molecular weight excluding hydrogens is 494 g/mol. The highest BCUT2D eigenvalue weighted by Crippen LogP contribution is 2.30. The smallest absolute Gasteiger partial charge is 0.302 e. The minimum atomic E-state index is -0.525. The summed E-state index contributed by atoms with van der Waals surface area (Å²) in [5.41, 5.74) is 0.678. The number of ether oxygens (including phenoxy) is 2. The summed E-state index contributed by atoms with van der Waals surface area (Å²) in [6.45, 7) is 9.77. The van der Waals surface area contributed by atoms with Crippen LogP contribution in [0.5, 0.6) is 5.88 Å². The number of hydrogen-bond acceptors (Lipinski definition) is 9. The number of carbonyl (C=O) groups excluding carboxylic acids is 4. The SMILES string of the molecule is CCOc1nc(N2CCN(C(C)=O)CC2)ccc1NC(=O)c1coc2c1C(=O)N([C@@H](C)COC(C)=O)CC2. The van der Waals surface area contributed by atoms with Gasteiger partial charge in [0.15, 0.2) is 0 Å². The lowest BCUT2D eigenvalue weighted by Gasteiger charge is -2.35. The molecule has 1 atom stereocenters. The van der Waals surface area contributed by atoms with Gasteiger partial charge in [-0.3, -0.25) is 19.2 Å². The molecule has 0 aromatic carbocycles. The van der Waals surface area contributed by atoms with E-state index in [1.807, 2.05) is 6.92 Å². The predicted octanol–water partition coefficient (Wildman–Crippen LogP) is 1.94. The Morgan fingerprint density at radius 3 is 2.53 bits per heavy atom. The number of pyridine rings is 1. The molecule has 12 heteroatoms. The van der Waals surface area contributed by atoms with Crippen molar-refractivity contribution >= 4 is 35.2 Å². The Bertz CT molecular complexity index is 1220. The standard InChI is InChI=1S/C26H33N5O7/c1-5-36-25-20(6-7-22(28-25)30-12-10-29(11-13-30)17(3)32)27-24(34)19-15-38-21-8-9-31(26(35)23(19)21)16(2)14-37-18(4)33/h6-7,15-16H,5,8-14H2,1-4H3,(H,27,34)/t16-/m0/s1. The molecule has 0 spiro atoms. The number of hydrogen-bond donors (Lipinski definition) is 1. The Kier molecular flexibility index (Phi) is 8.18. The molecule has 3 amide bonds. The maximum absolute atomic E-state index is 13.3. The van der Waals surface area contributed by atoms with Crippen LogP contribution in [0, 0.1) is 0 Å². The number of anilines is 2. The first-order valence-corrected chi connectivity index (χ1v) is 12.7. The molecule has 0 unspecified atom stereocenters. The number of aromatic nitrogens is 1. The number of furan rings is 1. The van der Waals surface area contributed by atoms with E-state index < -0.39 is 11.9 Å². The van der Waals surface area contributed by atoms with Crippen molar-refractivity contribution in [2.45, 2.75) is 40.2 Å². The van der Waals surface area contributed by atoms with Crippen LogP contribution in [0.1, 0.15) is 54.2 Å². The van der Waals surface area contributed by atoms with Crippen molar-refractivity contribution in [3.8, 4) is 5.88 Å². The maximum Gasteiger partial charge on any atom is 0.302 e. The van der Waals surface area contributed by atoms with Crippen LogP contribution in [0.15, 0.2) is 22.8 Å². The summed E-state index contributed by atoms with van der Waals surface area (Å²) in [5.74, 6) is 0.132. The fraction of sp³-hybridized carbons (Fsp3) is 0.500. The molecule has 2 aromatic rings. The number of esters is 1. The maximum atomic E-state index is 13.3. The van der Waals surface area contributed by atoms with Crippen molar-refractivity contribution in [1.82, 2.24) is 14.8 Å². The zero-order valence-electron chi connectivity index (χ0n) is 22.1. The molecule has 0 saturated carbocycles. The van der Waals surface area contributed by atoms with E-state index in [0.29, 0.717) is 63.0 Å². The number of nitrogens with one attached hydrogen (secondary N) is 1. The molecule has 204 valence electrons. The molecule has 0 aliphatic carbocycles. The van der Waals surface area contributed by atoms with Crippen molar-refractivity contribution in [3.63, 3.8) is 0 Å². The van der Waals surface area contributed by atoms with Crippen LogP contribution in [0.25, 0.3) is 0 Å². The molecule has 1 N–H and O–H groups in total. The van der Waals surface area contributed by atoms with Gasteiger partial charge in [0.1, 0.15) is 30.1 Å². The number of rotatable bonds is 8. The van der Waals surface area contributed by atoms with Crippen LogP contribution in [0.4, 0.5) is 11.5 Å². The van der Waals surface area contributed by atoms with Gasteiger partial charge in [0.25, 0.3) is 11.8 Å². The number of fused-ring (bicyclic) bond motifs is 1. The number of carbonyl (C=O) groups is 4. The summed E-state index contributed by atoms with van der Waals surface area (Å²) < 4.78 is 16.3. The summed E-state index contributed by atoms with van der Waals surface area (Å²) in [6.07, 6.45) is 1.73. The first-order chi connectivity index (χ1) is 18.2. The molecule has 38 heavy (non-hydrogen) atoms. The van der Waals surface area contributed by atoms with Gasteiger partial charge in [0.2, 0.25) is 11.8 Å². The third-order valence-electron chi connectivity index (χ3n) is 6.65. The number of piperazine rings is 1. The van der Waals surface area contributed by atoms with Crippen molar-refractivity contribution in [3.05, 3.63) is 35.3 Å². The highest BCUT2D eigenvalue weighted by molar-refractivity contribution is 6.13. The van der Waals surface area contributed by atoms with E-state index >= 15 is 0 Å². The third-order valence-corrected chi connectivity index (χ3v) is 6.65. The molecule has 2 aliphatic heterocycles. The first-order valence-electron chi connectivity index (χ1n) is 12.7. The third kappa shape index (κ3) is 5.74. The summed E-state index contributed by atoms with van der Waals surface area (Å²) in [5, 5.41) is 2.81. The Morgan fingerprint density at radius 2 is 1.87 bits per heavy atom. The van der Waals surface area contributed by atoms with E-state index in [1.165, 1.54) is 13.2 Å². The van der Waals surface area contributed by atoms with Gasteiger partial charge in [-0.2, -0.15) is 4.98 Å². The van der Waals surface area contributed by atoms with Gasteiger partial charge in [-0.1, -0.05) is 0 Å². The number of nitrogens with zero attached hydrogens (tertiary/aromatic N) is 4. The van der Waals surface area contributed by atoms with E-state index in [2.05, 4.69) is 15.2 Å². The van der Waals surface area contributed by atoms with Gasteiger partial charge in [-0.25, -0.2) is 0 Å². The molecule has 0 radical (unpaired) electrons. The van der Waals surface area contributed by atoms with E-state index in [4.69, 9.17) is 13.9 Å². The molecule has 1 fully saturated rings. The lowest BCUT2D eigenvalue weighted by molar-refractivity contribution is -0.142. The number of amides is 3. The van der Waals surface area contributed by atoms with E-state index in [0.717, 1.165) is 0 Å². The van der Waals surface area contributed by atoms with Crippen LogP contribution in [-0.2, 0) is 20.7 Å². The summed E-state index contributed by atoms with van der Waals surface area (Å²) in [7, 11) is 0. The Balaban J connectivity index is 1.50. The quantitative estimate of drug-likeness (QED) is 0.511. The molecule has 12 nitrogen and oxygen atoms in total. The second-order valence-corrected chi connectivity index (χ2v) is 9.25. The average Bonchev–Trinajstić information content (AvgIpc) is 3.34. The lowest BCUT2D eigenvalue weighted by Crippen LogP contribution is -2.48. The van der Waals surface area contributed by atoms with Crippen molar-refractivity contribution in [1.29, 1.82) is 0 Å². The van der Waals surface area contributed by atoms with Crippen LogP contribution in [0.2, 0.25) is 0 Å². The van der Waals surface area contributed by atoms with E-state index in [9.17, 15) is 19.2 Å². The fourth-order valence-corrected chi connectivity index (χ4v) is 4.59. The molecule has 2 aliphatic rings. The van der Waals surface area contributed by atoms with Gasteiger partial charge in [0.05, 0.1) is 23.8 Å². The van der Waals surface area contributed by atoms with Crippen molar-refractivity contribution in [2.75, 3.05) is 56.2 Å². The van der Waals surface area contributed by atoms with Crippen molar-refractivity contribution in [2.24, 2.45) is 0 Å². The molecular formula is C26H33N5O7. The minimum absolute atomic E-state index is 0.0487. The van der Waals surface area contributed by atoms with E-state index in [-0.39, 0.29) is 41.5 Å². The molecule has 4 rings (SSSR count). The van der Waals surface area contributed by atoms with E-state index in [1.54, 1.807) is 35.8 Å². The Hall–Kier alpha value is -4.09. The fourth-order valence-electron chi connectivity index (χ4n) is 4.59. The summed E-state index contributed by atoms with van der Waals surface area (Å²) >= 11 is 0. The first kappa shape index (κ1) is 27.0. The van der Waals surface area contributed by atoms with Gasteiger partial charge >= 0.3 is 5.97 Å². The van der Waals surface area contributed by atoms with Crippen LogP contribution < -0.4 is 15.0 Å². The minimum Gasteiger partial charge on any atom is -0.476 e. The normalized spacial score (nSPS) is 16.1. The van der Waals surface area contributed by atoms with Crippen LogP contribution in [0.3, 0.4) is 0 Å². The van der Waals surface area contributed by atoms with Gasteiger partial charge in [0, 0.05) is 53.0 Å². The topological polar surface area (TPSA) is 135 Å². The summed E-state index contributed by atoms with van der Waals surface area (Å²) in [4.78, 5) is 59.4. The second-order valence-electron chi connectivity index (χ2n) is 9.25. The summed E-state index contributed by atoms with van der Waals surface area (Å²) in [6, 6.07) is 3.14.